The van der Waals surface area contributed by atoms with Crippen molar-refractivity contribution >= 4 is 15.9 Å². The Morgan fingerprint density at radius 1 is 1.29 bits per heavy atom. The highest BCUT2D eigenvalue weighted by molar-refractivity contribution is 9.10. The van der Waals surface area contributed by atoms with Crippen molar-refractivity contribution in [2.45, 2.75) is 46.1 Å². The Balaban J connectivity index is 1.95. The van der Waals surface area contributed by atoms with Gasteiger partial charge < -0.3 is 9.73 Å². The third-order valence-electron chi connectivity index (χ3n) is 3.17. The second-order valence-corrected chi connectivity index (χ2v) is 7.24. The molecule has 21 heavy (non-hydrogen) atoms. The van der Waals surface area contributed by atoms with Gasteiger partial charge in [0.15, 0.2) is 11.7 Å². The van der Waals surface area contributed by atoms with Crippen molar-refractivity contribution in [3.05, 3.63) is 40.3 Å². The van der Waals surface area contributed by atoms with Crippen LogP contribution in [0.1, 0.15) is 38.6 Å². The molecule has 0 aliphatic rings. The highest BCUT2D eigenvalue weighted by atomic mass is 79.9. The van der Waals surface area contributed by atoms with Gasteiger partial charge >= 0.3 is 0 Å². The number of nitrogens with one attached hydrogen (secondary N) is 1. The fourth-order valence-electron chi connectivity index (χ4n) is 2.07. The van der Waals surface area contributed by atoms with Gasteiger partial charge in [0.2, 0.25) is 0 Å². The molecule has 0 amide bonds. The number of halogens is 1. The van der Waals surface area contributed by atoms with E-state index in [9.17, 15) is 0 Å². The van der Waals surface area contributed by atoms with E-state index in [0.29, 0.717) is 0 Å². The molecule has 0 bridgehead atoms. The average Bonchev–Trinajstić information content (AvgIpc) is 2.82. The molecule has 114 valence electrons. The van der Waals surface area contributed by atoms with Crippen LogP contribution in [0.4, 0.5) is 0 Å². The molecule has 0 atom stereocenters. The second-order valence-electron chi connectivity index (χ2n) is 6.38. The molecule has 1 aromatic carbocycles. The number of aromatic nitrogens is 1. The predicted octanol–water partition coefficient (Wildman–Crippen LogP) is 4.73. The first-order valence-electron chi connectivity index (χ1n) is 7.31. The molecule has 0 aliphatic heterocycles. The summed E-state index contributed by atoms with van der Waals surface area (Å²) in [5, 5.41) is 3.47. The predicted molar refractivity (Wildman–Crippen MR) is 90.5 cm³/mol. The third kappa shape index (κ3) is 4.97. The number of hydrogen-bond acceptors (Lipinski definition) is 3. The van der Waals surface area contributed by atoms with E-state index < -0.39 is 0 Å². The molecule has 1 heterocycles. The van der Waals surface area contributed by atoms with E-state index in [4.69, 9.17) is 4.42 Å². The second kappa shape index (κ2) is 6.75. The number of benzene rings is 1. The van der Waals surface area contributed by atoms with Crippen LogP contribution < -0.4 is 5.32 Å². The molecule has 0 fully saturated rings. The summed E-state index contributed by atoms with van der Waals surface area (Å²) in [6, 6.07) is 6.23. The first kappa shape index (κ1) is 16.2. The van der Waals surface area contributed by atoms with Crippen LogP contribution >= 0.6 is 15.9 Å². The lowest BCUT2D eigenvalue weighted by Crippen LogP contribution is -2.36. The van der Waals surface area contributed by atoms with Gasteiger partial charge in [0.1, 0.15) is 0 Å². The minimum absolute atomic E-state index is 0.161. The molecular formula is C17H23BrN2O. The normalized spacial score (nSPS) is 11.9. The van der Waals surface area contributed by atoms with Crippen LogP contribution in [0.2, 0.25) is 0 Å². The summed E-state index contributed by atoms with van der Waals surface area (Å²) in [7, 11) is 0. The van der Waals surface area contributed by atoms with Crippen molar-refractivity contribution in [3.8, 4) is 11.3 Å². The van der Waals surface area contributed by atoms with Crippen molar-refractivity contribution in [1.82, 2.24) is 10.3 Å². The maximum absolute atomic E-state index is 5.85. The van der Waals surface area contributed by atoms with Gasteiger partial charge in [0.05, 0.1) is 6.20 Å². The van der Waals surface area contributed by atoms with Gasteiger partial charge in [0, 0.05) is 22.0 Å². The SMILES string of the molecule is Cc1ccc(-c2cnc(CCCNC(C)(C)C)o2)c(Br)c1. The fraction of sp³-hybridized carbons (Fsp3) is 0.471. The van der Waals surface area contributed by atoms with Crippen molar-refractivity contribution in [2.75, 3.05) is 6.54 Å². The molecule has 0 saturated carbocycles. The zero-order chi connectivity index (χ0) is 15.5. The molecule has 2 aromatic rings. The summed E-state index contributed by atoms with van der Waals surface area (Å²) >= 11 is 3.58. The molecule has 1 N–H and O–H groups in total. The molecule has 0 spiro atoms. The number of hydrogen-bond donors (Lipinski definition) is 1. The Labute approximate surface area is 135 Å². The Hall–Kier alpha value is -1.13. The molecule has 0 unspecified atom stereocenters. The zero-order valence-corrected chi connectivity index (χ0v) is 14.8. The van der Waals surface area contributed by atoms with E-state index in [0.717, 1.165) is 41.1 Å². The highest BCUT2D eigenvalue weighted by Gasteiger charge is 2.11. The van der Waals surface area contributed by atoms with Gasteiger partial charge in [-0.1, -0.05) is 22.0 Å². The van der Waals surface area contributed by atoms with Crippen molar-refractivity contribution < 1.29 is 4.42 Å². The number of rotatable bonds is 5. The summed E-state index contributed by atoms with van der Waals surface area (Å²) in [5.74, 6) is 1.62. The Morgan fingerprint density at radius 2 is 2.05 bits per heavy atom. The zero-order valence-electron chi connectivity index (χ0n) is 13.2. The summed E-state index contributed by atoms with van der Waals surface area (Å²) < 4.78 is 6.89. The van der Waals surface area contributed by atoms with Gasteiger partial charge in [-0.25, -0.2) is 4.98 Å². The van der Waals surface area contributed by atoms with Crippen LogP contribution in [-0.4, -0.2) is 17.1 Å². The number of nitrogens with zero attached hydrogens (tertiary/aromatic N) is 1. The first-order valence-corrected chi connectivity index (χ1v) is 8.11. The molecule has 2 rings (SSSR count). The summed E-state index contributed by atoms with van der Waals surface area (Å²) in [4.78, 5) is 4.37. The smallest absolute Gasteiger partial charge is 0.194 e. The monoisotopic (exact) mass is 350 g/mol. The Morgan fingerprint density at radius 3 is 2.71 bits per heavy atom. The highest BCUT2D eigenvalue weighted by Crippen LogP contribution is 2.29. The van der Waals surface area contributed by atoms with Gasteiger partial charge in [0.25, 0.3) is 0 Å². The largest absolute Gasteiger partial charge is 0.441 e. The molecule has 0 saturated heterocycles. The first-order chi connectivity index (χ1) is 9.85. The number of oxazole rings is 1. The lowest BCUT2D eigenvalue weighted by atomic mass is 10.1. The minimum atomic E-state index is 0.161. The van der Waals surface area contributed by atoms with E-state index in [1.807, 2.05) is 6.20 Å². The Kier molecular flexibility index (Phi) is 5.22. The van der Waals surface area contributed by atoms with E-state index in [1.165, 1.54) is 5.56 Å². The summed E-state index contributed by atoms with van der Waals surface area (Å²) in [6.07, 6.45) is 3.68. The fourth-order valence-corrected chi connectivity index (χ4v) is 2.76. The van der Waals surface area contributed by atoms with Gasteiger partial charge in [-0.3, -0.25) is 0 Å². The van der Waals surface area contributed by atoms with E-state index >= 15 is 0 Å². The van der Waals surface area contributed by atoms with E-state index in [2.05, 4.69) is 72.1 Å². The maximum atomic E-state index is 5.85. The summed E-state index contributed by atoms with van der Waals surface area (Å²) in [6.45, 7) is 9.56. The molecular weight excluding hydrogens is 328 g/mol. The molecule has 0 aliphatic carbocycles. The summed E-state index contributed by atoms with van der Waals surface area (Å²) in [5.41, 5.74) is 2.43. The van der Waals surface area contributed by atoms with Crippen LogP contribution in [0.3, 0.4) is 0 Å². The standard InChI is InChI=1S/C17H23BrN2O/c1-12-7-8-13(14(18)10-12)15-11-19-16(21-15)6-5-9-20-17(2,3)4/h7-8,10-11,20H,5-6,9H2,1-4H3. The molecule has 3 nitrogen and oxygen atoms in total. The average molecular weight is 351 g/mol. The van der Waals surface area contributed by atoms with Crippen molar-refractivity contribution in [1.29, 1.82) is 0 Å². The molecule has 4 heteroatoms. The van der Waals surface area contributed by atoms with Crippen LogP contribution in [0, 0.1) is 6.92 Å². The van der Waals surface area contributed by atoms with Gasteiger partial charge in [-0.15, -0.1) is 0 Å². The van der Waals surface area contributed by atoms with Crippen LogP contribution in [0.25, 0.3) is 11.3 Å². The lowest BCUT2D eigenvalue weighted by Gasteiger charge is -2.20. The quantitative estimate of drug-likeness (QED) is 0.791. The minimum Gasteiger partial charge on any atom is -0.441 e. The third-order valence-corrected chi connectivity index (χ3v) is 3.82. The van der Waals surface area contributed by atoms with Crippen LogP contribution in [-0.2, 0) is 6.42 Å². The molecule has 1 aromatic heterocycles. The van der Waals surface area contributed by atoms with E-state index in [1.54, 1.807) is 0 Å². The van der Waals surface area contributed by atoms with Crippen LogP contribution in [0.5, 0.6) is 0 Å². The molecule has 0 radical (unpaired) electrons. The van der Waals surface area contributed by atoms with Crippen molar-refractivity contribution in [3.63, 3.8) is 0 Å². The van der Waals surface area contributed by atoms with Crippen LogP contribution in [0.15, 0.2) is 33.3 Å². The van der Waals surface area contributed by atoms with Gasteiger partial charge in [-0.05, 0) is 58.4 Å². The lowest BCUT2D eigenvalue weighted by molar-refractivity contribution is 0.412. The van der Waals surface area contributed by atoms with E-state index in [-0.39, 0.29) is 5.54 Å². The maximum Gasteiger partial charge on any atom is 0.194 e. The van der Waals surface area contributed by atoms with Crippen molar-refractivity contribution in [2.24, 2.45) is 0 Å². The topological polar surface area (TPSA) is 38.1 Å². The Bertz CT molecular complexity index is 599. The number of aryl methyl sites for hydroxylation is 2. The van der Waals surface area contributed by atoms with Gasteiger partial charge in [-0.2, -0.15) is 0 Å².